The highest BCUT2D eigenvalue weighted by Crippen LogP contribution is 2.20. The highest BCUT2D eigenvalue weighted by molar-refractivity contribution is 6.31. The number of carbonyl (C=O) groups excluding carboxylic acids is 2. The van der Waals surface area contributed by atoms with Crippen LogP contribution in [0.2, 0.25) is 5.02 Å². The Bertz CT molecular complexity index is 1010. The van der Waals surface area contributed by atoms with Gasteiger partial charge in [0.1, 0.15) is 11.4 Å². The molecule has 3 aromatic rings. The molecule has 1 atom stereocenters. The van der Waals surface area contributed by atoms with Gasteiger partial charge in [-0.3, -0.25) is 9.59 Å². The van der Waals surface area contributed by atoms with Crippen LogP contribution in [0.1, 0.15) is 45.1 Å². The number of hydrogen-bond donors (Lipinski definition) is 2. The molecule has 2 amide bonds. The Morgan fingerprint density at radius 3 is 2.29 bits per heavy atom. The van der Waals surface area contributed by atoms with Crippen LogP contribution in [-0.2, 0) is 0 Å². The van der Waals surface area contributed by atoms with Crippen molar-refractivity contribution in [1.29, 1.82) is 0 Å². The lowest BCUT2D eigenvalue weighted by Crippen LogP contribution is -2.28. The Morgan fingerprint density at radius 1 is 0.929 bits per heavy atom. The van der Waals surface area contributed by atoms with Crippen LogP contribution in [0.25, 0.3) is 0 Å². The first-order valence-corrected chi connectivity index (χ1v) is 9.22. The molecule has 142 valence electrons. The summed E-state index contributed by atoms with van der Waals surface area (Å²) in [5.74, 6) is -0.755. The van der Waals surface area contributed by atoms with E-state index in [1.165, 1.54) is 0 Å². The lowest BCUT2D eigenvalue weighted by Gasteiger charge is -2.14. The minimum Gasteiger partial charge on any atom is -0.344 e. The van der Waals surface area contributed by atoms with Crippen molar-refractivity contribution >= 4 is 29.1 Å². The van der Waals surface area contributed by atoms with E-state index in [4.69, 9.17) is 11.6 Å². The molecule has 6 heteroatoms. The van der Waals surface area contributed by atoms with Crippen LogP contribution >= 0.6 is 11.6 Å². The Kier molecular flexibility index (Phi) is 6.06. The summed E-state index contributed by atoms with van der Waals surface area (Å²) in [7, 11) is 0. The summed E-state index contributed by atoms with van der Waals surface area (Å²) in [6.07, 6.45) is 0. The Labute approximate surface area is 168 Å². The van der Waals surface area contributed by atoms with E-state index < -0.39 is 5.91 Å². The Morgan fingerprint density at radius 2 is 1.61 bits per heavy atom. The standard InChI is InChI=1S/C22H20ClN3O2/c1-14-11-12-17(13-18(14)23)25-22(28)20-10-6-9-19(26-20)21(27)24-15(2)16-7-4-3-5-8-16/h3-13,15H,1-2H3,(H,24,27)(H,25,28). The van der Waals surface area contributed by atoms with Crippen molar-refractivity contribution in [2.75, 3.05) is 5.32 Å². The minimum absolute atomic E-state index is 0.150. The largest absolute Gasteiger partial charge is 0.344 e. The first-order chi connectivity index (χ1) is 13.4. The molecule has 2 aromatic carbocycles. The molecule has 1 unspecified atom stereocenters. The molecule has 0 bridgehead atoms. The van der Waals surface area contributed by atoms with Crippen LogP contribution in [0.5, 0.6) is 0 Å². The maximum absolute atomic E-state index is 12.5. The normalized spacial score (nSPS) is 11.5. The van der Waals surface area contributed by atoms with E-state index in [-0.39, 0.29) is 23.3 Å². The second-order valence-electron chi connectivity index (χ2n) is 6.43. The molecule has 3 rings (SSSR count). The zero-order chi connectivity index (χ0) is 20.1. The van der Waals surface area contributed by atoms with Crippen LogP contribution in [-0.4, -0.2) is 16.8 Å². The van der Waals surface area contributed by atoms with Crippen LogP contribution in [0.15, 0.2) is 66.7 Å². The molecule has 2 N–H and O–H groups in total. The van der Waals surface area contributed by atoms with Gasteiger partial charge in [0.15, 0.2) is 0 Å². The summed E-state index contributed by atoms with van der Waals surface area (Å²) >= 11 is 6.09. The van der Waals surface area contributed by atoms with Crippen LogP contribution < -0.4 is 10.6 Å². The number of nitrogens with one attached hydrogen (secondary N) is 2. The zero-order valence-corrected chi connectivity index (χ0v) is 16.3. The maximum atomic E-state index is 12.5. The first kappa shape index (κ1) is 19.6. The van der Waals surface area contributed by atoms with Crippen molar-refractivity contribution in [1.82, 2.24) is 10.3 Å². The predicted molar refractivity (Wildman–Crippen MR) is 111 cm³/mol. The van der Waals surface area contributed by atoms with Gasteiger partial charge in [-0.1, -0.05) is 54.1 Å². The van der Waals surface area contributed by atoms with Gasteiger partial charge < -0.3 is 10.6 Å². The van der Waals surface area contributed by atoms with Crippen molar-refractivity contribution in [3.8, 4) is 0 Å². The third kappa shape index (κ3) is 4.75. The molecule has 0 aliphatic rings. The fourth-order valence-corrected chi connectivity index (χ4v) is 2.83. The minimum atomic E-state index is -0.411. The highest BCUT2D eigenvalue weighted by Gasteiger charge is 2.15. The van der Waals surface area contributed by atoms with Crippen LogP contribution in [0.3, 0.4) is 0 Å². The van der Waals surface area contributed by atoms with Crippen molar-refractivity contribution in [2.24, 2.45) is 0 Å². The highest BCUT2D eigenvalue weighted by atomic mass is 35.5. The van der Waals surface area contributed by atoms with Crippen molar-refractivity contribution in [2.45, 2.75) is 19.9 Å². The fourth-order valence-electron chi connectivity index (χ4n) is 2.65. The Hall–Kier alpha value is -3.18. The lowest BCUT2D eigenvalue weighted by atomic mass is 10.1. The molecule has 0 aliphatic carbocycles. The summed E-state index contributed by atoms with van der Waals surface area (Å²) in [5, 5.41) is 6.20. The van der Waals surface area contributed by atoms with Gasteiger partial charge in [0.25, 0.3) is 11.8 Å². The van der Waals surface area contributed by atoms with Gasteiger partial charge in [-0.15, -0.1) is 0 Å². The molecule has 1 heterocycles. The van der Waals surface area contributed by atoms with E-state index in [2.05, 4.69) is 15.6 Å². The molecule has 28 heavy (non-hydrogen) atoms. The Balaban J connectivity index is 1.71. The van der Waals surface area contributed by atoms with E-state index in [0.29, 0.717) is 10.7 Å². The number of aromatic nitrogens is 1. The maximum Gasteiger partial charge on any atom is 0.274 e. The van der Waals surface area contributed by atoms with Gasteiger partial charge in [-0.05, 0) is 49.2 Å². The number of pyridine rings is 1. The second kappa shape index (κ2) is 8.67. The first-order valence-electron chi connectivity index (χ1n) is 8.84. The van der Waals surface area contributed by atoms with Gasteiger partial charge in [0.2, 0.25) is 0 Å². The van der Waals surface area contributed by atoms with Gasteiger partial charge in [0.05, 0.1) is 6.04 Å². The topological polar surface area (TPSA) is 71.1 Å². The second-order valence-corrected chi connectivity index (χ2v) is 6.84. The molecule has 0 fully saturated rings. The van der Waals surface area contributed by atoms with Gasteiger partial charge in [-0.2, -0.15) is 0 Å². The number of carbonyl (C=O) groups is 2. The molecule has 0 aliphatic heterocycles. The lowest BCUT2D eigenvalue weighted by molar-refractivity contribution is 0.0934. The molecule has 1 aromatic heterocycles. The summed E-state index contributed by atoms with van der Waals surface area (Å²) < 4.78 is 0. The molecule has 0 saturated heterocycles. The number of hydrogen-bond acceptors (Lipinski definition) is 3. The number of benzene rings is 2. The number of nitrogens with zero attached hydrogens (tertiary/aromatic N) is 1. The smallest absolute Gasteiger partial charge is 0.274 e. The van der Waals surface area contributed by atoms with E-state index in [1.807, 2.05) is 50.2 Å². The van der Waals surface area contributed by atoms with E-state index in [9.17, 15) is 9.59 Å². The van der Waals surface area contributed by atoms with Crippen LogP contribution in [0, 0.1) is 6.92 Å². The van der Waals surface area contributed by atoms with Crippen LogP contribution in [0.4, 0.5) is 5.69 Å². The fraction of sp³-hybridized carbons (Fsp3) is 0.136. The molecular weight excluding hydrogens is 374 g/mol. The monoisotopic (exact) mass is 393 g/mol. The molecular formula is C22H20ClN3O2. The zero-order valence-electron chi connectivity index (χ0n) is 15.6. The van der Waals surface area contributed by atoms with Gasteiger partial charge in [0, 0.05) is 10.7 Å². The number of rotatable bonds is 5. The van der Waals surface area contributed by atoms with E-state index in [0.717, 1.165) is 11.1 Å². The molecule has 0 spiro atoms. The predicted octanol–water partition coefficient (Wildman–Crippen LogP) is 4.79. The van der Waals surface area contributed by atoms with Crippen molar-refractivity contribution in [3.05, 3.63) is 94.3 Å². The number of halogens is 1. The summed E-state index contributed by atoms with van der Waals surface area (Å²) in [4.78, 5) is 29.2. The molecule has 0 saturated carbocycles. The molecule has 5 nitrogen and oxygen atoms in total. The third-order valence-electron chi connectivity index (χ3n) is 4.29. The number of aryl methyl sites for hydroxylation is 1. The number of anilines is 1. The number of amides is 2. The van der Waals surface area contributed by atoms with Crippen molar-refractivity contribution in [3.63, 3.8) is 0 Å². The van der Waals surface area contributed by atoms with Gasteiger partial charge >= 0.3 is 0 Å². The molecule has 0 radical (unpaired) electrons. The average molecular weight is 394 g/mol. The van der Waals surface area contributed by atoms with E-state index in [1.54, 1.807) is 30.3 Å². The quantitative estimate of drug-likeness (QED) is 0.654. The summed E-state index contributed by atoms with van der Waals surface area (Å²) in [5.41, 5.74) is 2.80. The van der Waals surface area contributed by atoms with Crippen molar-refractivity contribution < 1.29 is 9.59 Å². The van der Waals surface area contributed by atoms with E-state index >= 15 is 0 Å². The third-order valence-corrected chi connectivity index (χ3v) is 4.70. The average Bonchev–Trinajstić information content (AvgIpc) is 2.71. The van der Waals surface area contributed by atoms with Gasteiger partial charge in [-0.25, -0.2) is 4.98 Å². The summed E-state index contributed by atoms with van der Waals surface area (Å²) in [6.45, 7) is 3.78. The SMILES string of the molecule is Cc1ccc(NC(=O)c2cccc(C(=O)NC(C)c3ccccc3)n2)cc1Cl. The summed E-state index contributed by atoms with van der Waals surface area (Å²) in [6, 6.07) is 19.5.